The van der Waals surface area contributed by atoms with Gasteiger partial charge in [0.05, 0.1) is 11.5 Å². The summed E-state index contributed by atoms with van der Waals surface area (Å²) in [5, 5.41) is 15.5. The van der Waals surface area contributed by atoms with Crippen LogP contribution in [-0.2, 0) is 11.3 Å². The average molecular weight is 306 g/mol. The molecule has 0 radical (unpaired) electrons. The van der Waals surface area contributed by atoms with Crippen molar-refractivity contribution in [1.82, 2.24) is 5.32 Å². The minimum atomic E-state index is -0.522. The standard InChI is InChI=1S/C14H14N2O4S/c1-10-4-5-13(12(7-10)16(18)19)20-9-14(17)15-8-11-3-2-6-21-11/h2-7H,8-9H2,1H3,(H,15,17). The molecular formula is C14H14N2O4S. The number of aryl methyl sites for hydroxylation is 1. The molecule has 1 aromatic carbocycles. The van der Waals surface area contributed by atoms with Crippen molar-refractivity contribution in [2.75, 3.05) is 6.61 Å². The SMILES string of the molecule is Cc1ccc(OCC(=O)NCc2cccs2)c([N+](=O)[O-])c1. The van der Waals surface area contributed by atoms with E-state index in [2.05, 4.69) is 5.32 Å². The van der Waals surface area contributed by atoms with Gasteiger partial charge in [-0.25, -0.2) is 0 Å². The van der Waals surface area contributed by atoms with Crippen molar-refractivity contribution < 1.29 is 14.5 Å². The van der Waals surface area contributed by atoms with Crippen LogP contribution in [0.4, 0.5) is 5.69 Å². The smallest absolute Gasteiger partial charge is 0.311 e. The Morgan fingerprint density at radius 1 is 1.43 bits per heavy atom. The van der Waals surface area contributed by atoms with Gasteiger partial charge in [0.2, 0.25) is 0 Å². The Morgan fingerprint density at radius 3 is 2.90 bits per heavy atom. The van der Waals surface area contributed by atoms with E-state index in [1.807, 2.05) is 17.5 Å². The van der Waals surface area contributed by atoms with Crippen LogP contribution in [0.3, 0.4) is 0 Å². The van der Waals surface area contributed by atoms with Crippen LogP contribution in [0.2, 0.25) is 0 Å². The molecular weight excluding hydrogens is 292 g/mol. The average Bonchev–Trinajstić information content (AvgIpc) is 2.97. The van der Waals surface area contributed by atoms with Gasteiger partial charge in [0, 0.05) is 10.9 Å². The van der Waals surface area contributed by atoms with E-state index in [1.165, 1.54) is 12.1 Å². The third-order valence-corrected chi connectivity index (χ3v) is 3.59. The number of amides is 1. The van der Waals surface area contributed by atoms with Gasteiger partial charge in [0.15, 0.2) is 12.4 Å². The second-order valence-corrected chi connectivity index (χ2v) is 5.41. The Hall–Kier alpha value is -2.41. The second-order valence-electron chi connectivity index (χ2n) is 4.37. The lowest BCUT2D eigenvalue weighted by atomic mass is 10.2. The Labute approximate surface area is 125 Å². The molecule has 1 heterocycles. The van der Waals surface area contributed by atoms with Crippen LogP contribution in [0.5, 0.6) is 5.75 Å². The highest BCUT2D eigenvalue weighted by Crippen LogP contribution is 2.27. The summed E-state index contributed by atoms with van der Waals surface area (Å²) in [5.41, 5.74) is 0.622. The van der Waals surface area contributed by atoms with Gasteiger partial charge in [-0.1, -0.05) is 12.1 Å². The minimum absolute atomic E-state index is 0.0943. The topological polar surface area (TPSA) is 81.5 Å². The molecule has 0 aliphatic rings. The van der Waals surface area contributed by atoms with Crippen LogP contribution >= 0.6 is 11.3 Å². The maximum Gasteiger partial charge on any atom is 0.311 e. The van der Waals surface area contributed by atoms with Crippen LogP contribution in [0, 0.1) is 17.0 Å². The fraction of sp³-hybridized carbons (Fsp3) is 0.214. The van der Waals surface area contributed by atoms with E-state index in [4.69, 9.17) is 4.74 Å². The van der Waals surface area contributed by atoms with Crippen LogP contribution in [0.15, 0.2) is 35.7 Å². The highest BCUT2D eigenvalue weighted by molar-refractivity contribution is 7.09. The molecule has 0 atom stereocenters. The van der Waals surface area contributed by atoms with Crippen molar-refractivity contribution in [3.63, 3.8) is 0 Å². The first-order valence-corrected chi connectivity index (χ1v) is 7.11. The lowest BCUT2D eigenvalue weighted by molar-refractivity contribution is -0.385. The third kappa shape index (κ3) is 4.28. The highest BCUT2D eigenvalue weighted by Gasteiger charge is 2.16. The zero-order valence-corrected chi connectivity index (χ0v) is 12.2. The van der Waals surface area contributed by atoms with Gasteiger partial charge in [-0.2, -0.15) is 0 Å². The zero-order valence-electron chi connectivity index (χ0n) is 11.4. The molecule has 1 aromatic heterocycles. The molecule has 0 unspecified atom stereocenters. The van der Waals surface area contributed by atoms with Crippen molar-refractivity contribution in [1.29, 1.82) is 0 Å². The first-order valence-electron chi connectivity index (χ1n) is 6.23. The van der Waals surface area contributed by atoms with E-state index in [0.717, 1.165) is 10.4 Å². The molecule has 2 rings (SSSR count). The van der Waals surface area contributed by atoms with Gasteiger partial charge in [0.25, 0.3) is 5.91 Å². The van der Waals surface area contributed by atoms with E-state index in [0.29, 0.717) is 6.54 Å². The number of ether oxygens (including phenoxy) is 1. The summed E-state index contributed by atoms with van der Waals surface area (Å²) in [5.74, 6) is -0.227. The molecule has 6 nitrogen and oxygen atoms in total. The Kier molecular flexibility index (Phi) is 4.89. The number of thiophene rings is 1. The molecule has 7 heteroatoms. The number of benzene rings is 1. The fourth-order valence-corrected chi connectivity index (χ4v) is 2.33. The molecule has 0 bridgehead atoms. The van der Waals surface area contributed by atoms with Crippen LogP contribution in [0.1, 0.15) is 10.4 Å². The first kappa shape index (κ1) is 15.0. The van der Waals surface area contributed by atoms with Crippen LogP contribution in [-0.4, -0.2) is 17.4 Å². The molecule has 21 heavy (non-hydrogen) atoms. The molecule has 2 aromatic rings. The molecule has 0 fully saturated rings. The van der Waals surface area contributed by atoms with Gasteiger partial charge in [-0.05, 0) is 30.0 Å². The maximum atomic E-state index is 11.7. The van der Waals surface area contributed by atoms with Crippen LogP contribution in [0.25, 0.3) is 0 Å². The Morgan fingerprint density at radius 2 is 2.24 bits per heavy atom. The summed E-state index contributed by atoms with van der Waals surface area (Å²) in [6.45, 7) is 1.93. The molecule has 0 saturated heterocycles. The number of hydrogen-bond acceptors (Lipinski definition) is 5. The summed E-state index contributed by atoms with van der Waals surface area (Å²) in [4.78, 5) is 23.1. The van der Waals surface area contributed by atoms with Crippen LogP contribution < -0.4 is 10.1 Å². The lowest BCUT2D eigenvalue weighted by Gasteiger charge is -2.07. The maximum absolute atomic E-state index is 11.7. The van der Waals surface area contributed by atoms with Crippen molar-refractivity contribution in [2.45, 2.75) is 13.5 Å². The molecule has 0 saturated carbocycles. The molecule has 0 aliphatic carbocycles. The molecule has 1 N–H and O–H groups in total. The summed E-state index contributed by atoms with van der Waals surface area (Å²) < 4.78 is 5.23. The summed E-state index contributed by atoms with van der Waals surface area (Å²) in [6.07, 6.45) is 0. The quantitative estimate of drug-likeness (QED) is 0.657. The van der Waals surface area contributed by atoms with Crippen molar-refractivity contribution in [3.8, 4) is 5.75 Å². The number of nitrogens with one attached hydrogen (secondary N) is 1. The predicted molar refractivity (Wildman–Crippen MR) is 79.5 cm³/mol. The molecule has 1 amide bonds. The summed E-state index contributed by atoms with van der Waals surface area (Å²) >= 11 is 1.54. The van der Waals surface area contributed by atoms with E-state index in [9.17, 15) is 14.9 Å². The molecule has 0 spiro atoms. The second kappa shape index (κ2) is 6.85. The van der Waals surface area contributed by atoms with E-state index in [-0.39, 0.29) is 24.0 Å². The van der Waals surface area contributed by atoms with Gasteiger partial charge in [-0.3, -0.25) is 14.9 Å². The van der Waals surface area contributed by atoms with Gasteiger partial charge in [-0.15, -0.1) is 11.3 Å². The summed E-state index contributed by atoms with van der Waals surface area (Å²) in [6, 6.07) is 8.43. The van der Waals surface area contributed by atoms with Gasteiger partial charge < -0.3 is 10.1 Å². The predicted octanol–water partition coefficient (Wildman–Crippen LogP) is 2.66. The van der Waals surface area contributed by atoms with Gasteiger partial charge >= 0.3 is 5.69 Å². The molecule has 0 aliphatic heterocycles. The monoisotopic (exact) mass is 306 g/mol. The van der Waals surface area contributed by atoms with E-state index < -0.39 is 4.92 Å². The third-order valence-electron chi connectivity index (χ3n) is 2.71. The van der Waals surface area contributed by atoms with Gasteiger partial charge in [0.1, 0.15) is 0 Å². The number of nitro groups is 1. The Bertz CT molecular complexity index is 640. The largest absolute Gasteiger partial charge is 0.477 e. The highest BCUT2D eigenvalue weighted by atomic mass is 32.1. The van der Waals surface area contributed by atoms with Crippen molar-refractivity contribution >= 4 is 22.9 Å². The number of nitro benzene ring substituents is 1. The first-order chi connectivity index (χ1) is 10.1. The van der Waals surface area contributed by atoms with E-state index in [1.54, 1.807) is 24.3 Å². The van der Waals surface area contributed by atoms with E-state index >= 15 is 0 Å². The van der Waals surface area contributed by atoms with Crippen molar-refractivity contribution in [2.24, 2.45) is 0 Å². The summed E-state index contributed by atoms with van der Waals surface area (Å²) in [7, 11) is 0. The van der Waals surface area contributed by atoms with Crippen molar-refractivity contribution in [3.05, 3.63) is 56.3 Å². The number of nitrogens with zero attached hydrogens (tertiary/aromatic N) is 1. The zero-order chi connectivity index (χ0) is 15.2. The number of carbonyl (C=O) groups is 1. The number of carbonyl (C=O) groups excluding carboxylic acids is 1. The fourth-order valence-electron chi connectivity index (χ4n) is 1.69. The minimum Gasteiger partial charge on any atom is -0.477 e. The lowest BCUT2D eigenvalue weighted by Crippen LogP contribution is -2.28. The molecule has 110 valence electrons. The number of hydrogen-bond donors (Lipinski definition) is 1. The normalized spacial score (nSPS) is 10.1. The number of rotatable bonds is 6. The Balaban J connectivity index is 1.90.